The first-order valence-electron chi connectivity index (χ1n) is 7.31. The number of unbranched alkanes of at least 4 members (excludes halogenated alkanes) is 4. The van der Waals surface area contributed by atoms with Crippen LogP contribution in [-0.2, 0) is 4.79 Å². The van der Waals surface area contributed by atoms with Crippen LogP contribution in [0.2, 0.25) is 0 Å². The number of hydrogen-bond donors (Lipinski definition) is 2. The zero-order valence-corrected chi connectivity index (χ0v) is 13.2. The van der Waals surface area contributed by atoms with Gasteiger partial charge in [-0.15, -0.1) is 11.8 Å². The molecule has 0 aromatic heterocycles. The zero-order chi connectivity index (χ0) is 14.3. The minimum atomic E-state index is -0.674. The van der Waals surface area contributed by atoms with Crippen molar-refractivity contribution in [3.05, 3.63) is 11.1 Å². The molecule has 3 nitrogen and oxygen atoms in total. The lowest BCUT2D eigenvalue weighted by molar-refractivity contribution is -0.137. The van der Waals surface area contributed by atoms with Gasteiger partial charge in [0, 0.05) is 12.1 Å². The SMILES string of the molecule is CC1=CSC(CCCCCCCC(=O)O)(C(C)C)N1. The van der Waals surface area contributed by atoms with E-state index in [-0.39, 0.29) is 4.87 Å². The Morgan fingerprint density at radius 2 is 1.95 bits per heavy atom. The highest BCUT2D eigenvalue weighted by Crippen LogP contribution is 2.41. The lowest BCUT2D eigenvalue weighted by atomic mass is 9.96. The second kappa shape index (κ2) is 7.83. The normalized spacial score (nSPS) is 22.4. The van der Waals surface area contributed by atoms with Gasteiger partial charge in [-0.3, -0.25) is 4.79 Å². The fourth-order valence-electron chi connectivity index (χ4n) is 2.47. The first-order valence-corrected chi connectivity index (χ1v) is 8.19. The Kier molecular flexibility index (Phi) is 6.76. The zero-order valence-electron chi connectivity index (χ0n) is 12.4. The minimum absolute atomic E-state index is 0.186. The van der Waals surface area contributed by atoms with E-state index in [0.29, 0.717) is 12.3 Å². The van der Waals surface area contributed by atoms with Crippen LogP contribution < -0.4 is 5.32 Å². The summed E-state index contributed by atoms with van der Waals surface area (Å²) in [5.74, 6) is -0.0647. The maximum atomic E-state index is 10.4. The number of carboxylic acids is 1. The minimum Gasteiger partial charge on any atom is -0.481 e. The van der Waals surface area contributed by atoms with E-state index >= 15 is 0 Å². The Morgan fingerprint density at radius 1 is 1.32 bits per heavy atom. The van der Waals surface area contributed by atoms with Crippen LogP contribution >= 0.6 is 11.8 Å². The van der Waals surface area contributed by atoms with E-state index in [1.165, 1.54) is 25.0 Å². The molecule has 0 spiro atoms. The van der Waals surface area contributed by atoms with E-state index in [4.69, 9.17) is 5.11 Å². The lowest BCUT2D eigenvalue weighted by Gasteiger charge is -2.34. The van der Waals surface area contributed by atoms with Crippen LogP contribution in [0.4, 0.5) is 0 Å². The van der Waals surface area contributed by atoms with Gasteiger partial charge in [-0.2, -0.15) is 0 Å². The topological polar surface area (TPSA) is 49.3 Å². The average molecular weight is 285 g/mol. The van der Waals surface area contributed by atoms with Crippen LogP contribution in [0.1, 0.15) is 65.7 Å². The fourth-order valence-corrected chi connectivity index (χ4v) is 3.67. The van der Waals surface area contributed by atoms with Crippen molar-refractivity contribution in [1.29, 1.82) is 0 Å². The number of carboxylic acid groups (broad SMARTS) is 1. The van der Waals surface area contributed by atoms with Crippen molar-refractivity contribution in [2.45, 2.75) is 70.6 Å². The summed E-state index contributed by atoms with van der Waals surface area (Å²) in [6.07, 6.45) is 6.93. The number of rotatable bonds is 9. The molecule has 0 bridgehead atoms. The van der Waals surface area contributed by atoms with Crippen LogP contribution in [0.15, 0.2) is 11.1 Å². The molecule has 0 radical (unpaired) electrons. The van der Waals surface area contributed by atoms with Crippen molar-refractivity contribution in [1.82, 2.24) is 5.32 Å². The van der Waals surface area contributed by atoms with Gasteiger partial charge in [0.2, 0.25) is 0 Å². The largest absolute Gasteiger partial charge is 0.481 e. The van der Waals surface area contributed by atoms with Crippen LogP contribution in [0.5, 0.6) is 0 Å². The summed E-state index contributed by atoms with van der Waals surface area (Å²) in [6, 6.07) is 0. The average Bonchev–Trinajstić information content (AvgIpc) is 2.71. The third-order valence-electron chi connectivity index (χ3n) is 3.73. The number of hydrogen-bond acceptors (Lipinski definition) is 3. The Balaban J connectivity index is 2.15. The van der Waals surface area contributed by atoms with Gasteiger partial charge in [0.1, 0.15) is 0 Å². The highest BCUT2D eigenvalue weighted by Gasteiger charge is 2.36. The summed E-state index contributed by atoms with van der Waals surface area (Å²) >= 11 is 1.93. The van der Waals surface area contributed by atoms with Crippen molar-refractivity contribution in [2.75, 3.05) is 0 Å². The van der Waals surface area contributed by atoms with E-state index in [0.717, 1.165) is 19.3 Å². The molecule has 1 unspecified atom stereocenters. The van der Waals surface area contributed by atoms with E-state index in [1.54, 1.807) is 0 Å². The maximum Gasteiger partial charge on any atom is 0.303 e. The van der Waals surface area contributed by atoms with Crippen molar-refractivity contribution in [3.8, 4) is 0 Å². The Bertz CT molecular complexity index is 328. The van der Waals surface area contributed by atoms with Crippen molar-refractivity contribution < 1.29 is 9.90 Å². The highest BCUT2D eigenvalue weighted by atomic mass is 32.2. The first-order chi connectivity index (χ1) is 8.96. The van der Waals surface area contributed by atoms with E-state index in [9.17, 15) is 4.79 Å². The van der Waals surface area contributed by atoms with Crippen molar-refractivity contribution in [2.24, 2.45) is 5.92 Å². The van der Waals surface area contributed by atoms with Gasteiger partial charge in [-0.25, -0.2) is 0 Å². The van der Waals surface area contributed by atoms with Crippen LogP contribution in [0.3, 0.4) is 0 Å². The second-order valence-corrected chi connectivity index (χ2v) is 6.95. The van der Waals surface area contributed by atoms with Crippen LogP contribution in [-0.4, -0.2) is 15.9 Å². The van der Waals surface area contributed by atoms with Gasteiger partial charge < -0.3 is 10.4 Å². The third kappa shape index (κ3) is 5.47. The second-order valence-electron chi connectivity index (χ2n) is 5.75. The molecule has 0 fully saturated rings. The molecular formula is C15H27NO2S. The van der Waals surface area contributed by atoms with Crippen LogP contribution in [0.25, 0.3) is 0 Å². The van der Waals surface area contributed by atoms with Gasteiger partial charge in [-0.05, 0) is 31.1 Å². The summed E-state index contributed by atoms with van der Waals surface area (Å²) in [6.45, 7) is 6.68. The predicted molar refractivity (Wildman–Crippen MR) is 82.0 cm³/mol. The molecule has 110 valence electrons. The molecule has 4 heteroatoms. The van der Waals surface area contributed by atoms with Crippen molar-refractivity contribution in [3.63, 3.8) is 0 Å². The number of allylic oxidation sites excluding steroid dienone is 1. The van der Waals surface area contributed by atoms with Gasteiger partial charge in [0.05, 0.1) is 4.87 Å². The molecule has 0 saturated carbocycles. The first kappa shape index (κ1) is 16.4. The molecular weight excluding hydrogens is 258 g/mol. The van der Waals surface area contributed by atoms with Gasteiger partial charge in [0.15, 0.2) is 0 Å². The smallest absolute Gasteiger partial charge is 0.303 e. The molecule has 1 atom stereocenters. The Morgan fingerprint density at radius 3 is 2.47 bits per heavy atom. The number of aliphatic carboxylic acids is 1. The molecule has 1 aliphatic rings. The molecule has 1 heterocycles. The monoisotopic (exact) mass is 285 g/mol. The molecule has 0 amide bonds. The molecule has 0 saturated heterocycles. The summed E-state index contributed by atoms with van der Waals surface area (Å²) in [5, 5.41) is 14.4. The summed E-state index contributed by atoms with van der Waals surface area (Å²) in [5.41, 5.74) is 1.28. The molecule has 1 aliphatic heterocycles. The quantitative estimate of drug-likeness (QED) is 0.618. The summed E-state index contributed by atoms with van der Waals surface area (Å²) in [4.78, 5) is 10.6. The van der Waals surface area contributed by atoms with Gasteiger partial charge >= 0.3 is 5.97 Å². The predicted octanol–water partition coefficient (Wildman–Crippen LogP) is 4.35. The molecule has 0 aliphatic carbocycles. The summed E-state index contributed by atoms with van der Waals surface area (Å²) in [7, 11) is 0. The molecule has 2 N–H and O–H groups in total. The van der Waals surface area contributed by atoms with Crippen LogP contribution in [0, 0.1) is 5.92 Å². The molecule has 0 aromatic carbocycles. The molecule has 1 rings (SSSR count). The molecule has 19 heavy (non-hydrogen) atoms. The Labute approximate surface area is 121 Å². The Hall–Kier alpha value is -0.640. The van der Waals surface area contributed by atoms with E-state index < -0.39 is 5.97 Å². The van der Waals surface area contributed by atoms with E-state index in [1.807, 2.05) is 11.8 Å². The van der Waals surface area contributed by atoms with Gasteiger partial charge in [0.25, 0.3) is 0 Å². The highest BCUT2D eigenvalue weighted by molar-refractivity contribution is 8.03. The standard InChI is InChI=1S/C15H27NO2S/c1-12(2)15(16-13(3)11-19-15)10-8-6-4-5-7-9-14(17)18/h11-12,16H,4-10H2,1-3H3,(H,17,18). The van der Waals surface area contributed by atoms with Gasteiger partial charge in [-0.1, -0.05) is 39.5 Å². The molecule has 0 aromatic rings. The lowest BCUT2D eigenvalue weighted by Crippen LogP contribution is -2.42. The fraction of sp³-hybridized carbons (Fsp3) is 0.800. The number of carbonyl (C=O) groups is 1. The number of thioether (sulfide) groups is 1. The maximum absolute atomic E-state index is 10.4. The summed E-state index contributed by atoms with van der Waals surface area (Å²) < 4.78 is 0. The number of nitrogens with one attached hydrogen (secondary N) is 1. The van der Waals surface area contributed by atoms with E-state index in [2.05, 4.69) is 31.5 Å². The van der Waals surface area contributed by atoms with Crippen molar-refractivity contribution >= 4 is 17.7 Å². The third-order valence-corrected chi connectivity index (χ3v) is 5.40.